The van der Waals surface area contributed by atoms with Crippen LogP contribution in [0.15, 0.2) is 48.5 Å². The largest absolute Gasteiger partial charge is 0.334 e. The number of rotatable bonds is 4. The van der Waals surface area contributed by atoms with Crippen molar-refractivity contribution in [2.24, 2.45) is 0 Å². The molecule has 0 radical (unpaired) electrons. The van der Waals surface area contributed by atoms with Crippen molar-refractivity contribution in [1.29, 1.82) is 0 Å². The van der Waals surface area contributed by atoms with Gasteiger partial charge in [0.1, 0.15) is 8.81 Å². The fourth-order valence-corrected chi connectivity index (χ4v) is 2.10. The molecule has 2 nitrogen and oxygen atoms in total. The Morgan fingerprint density at radius 1 is 0.824 bits per heavy atom. The summed E-state index contributed by atoms with van der Waals surface area (Å²) >= 11 is 0. The van der Waals surface area contributed by atoms with E-state index >= 15 is 0 Å². The molecule has 0 bridgehead atoms. The number of para-hydroxylation sites is 1. The van der Waals surface area contributed by atoms with Crippen molar-refractivity contribution in [3.05, 3.63) is 59.7 Å². The van der Waals surface area contributed by atoms with Crippen LogP contribution in [0.4, 0.5) is 0 Å². The van der Waals surface area contributed by atoms with Crippen LogP contribution in [-0.4, -0.2) is 0 Å². The van der Waals surface area contributed by atoms with E-state index in [1.807, 2.05) is 62.4 Å². The first-order valence-electron chi connectivity index (χ1n) is 5.48. The monoisotopic (exact) mass is 246 g/mol. The Bertz CT molecular complexity index is 463. The zero-order valence-corrected chi connectivity index (χ0v) is 10.9. The van der Waals surface area contributed by atoms with E-state index < -0.39 is 0 Å². The van der Waals surface area contributed by atoms with Gasteiger partial charge in [0.05, 0.1) is 0 Å². The van der Waals surface area contributed by atoms with Gasteiger partial charge in [-0.15, -0.1) is 0 Å². The maximum Gasteiger partial charge on any atom is 0.171 e. The normalized spacial score (nSPS) is 10.9. The molecule has 0 saturated carbocycles. The summed E-state index contributed by atoms with van der Waals surface area (Å²) in [5, 5.41) is 1.12. The van der Waals surface area contributed by atoms with Crippen molar-refractivity contribution in [1.82, 2.24) is 0 Å². The van der Waals surface area contributed by atoms with E-state index in [0.29, 0.717) is 0 Å². The topological polar surface area (TPSA) is 18.5 Å². The van der Waals surface area contributed by atoms with Gasteiger partial charge in [0.2, 0.25) is 0 Å². The molecule has 88 valence electrons. The molecule has 3 heteroatoms. The molecule has 2 aromatic carbocycles. The molecule has 2 aromatic rings. The van der Waals surface area contributed by atoms with Crippen molar-refractivity contribution in [3.8, 4) is 5.75 Å². The average Bonchev–Trinajstić information content (AvgIpc) is 2.34. The van der Waals surface area contributed by atoms with Crippen LogP contribution in [0.3, 0.4) is 0 Å². The summed E-state index contributed by atoms with van der Waals surface area (Å²) in [5.41, 5.74) is 2.17. The van der Waals surface area contributed by atoms with E-state index in [9.17, 15) is 0 Å². The third-order valence-electron chi connectivity index (χ3n) is 2.47. The van der Waals surface area contributed by atoms with Crippen LogP contribution in [0, 0.1) is 13.8 Å². The number of benzene rings is 2. The molecule has 17 heavy (non-hydrogen) atoms. The van der Waals surface area contributed by atoms with Gasteiger partial charge in [-0.1, -0.05) is 48.5 Å². The summed E-state index contributed by atoms with van der Waals surface area (Å²) in [4.78, 5) is 5.38. The van der Waals surface area contributed by atoms with Gasteiger partial charge < -0.3 is 4.89 Å². The highest BCUT2D eigenvalue weighted by Gasteiger charge is 2.04. The molecule has 0 aliphatic carbocycles. The van der Waals surface area contributed by atoms with Gasteiger partial charge in [0, 0.05) is 5.30 Å². The second-order valence-electron chi connectivity index (χ2n) is 3.86. The van der Waals surface area contributed by atoms with Gasteiger partial charge in [-0.05, 0) is 25.0 Å². The molecular weight excluding hydrogens is 231 g/mol. The summed E-state index contributed by atoms with van der Waals surface area (Å²) in [7, 11) is 0.201. The van der Waals surface area contributed by atoms with Gasteiger partial charge >= 0.3 is 0 Å². The quantitative estimate of drug-likeness (QED) is 0.466. The van der Waals surface area contributed by atoms with E-state index in [2.05, 4.69) is 0 Å². The average molecular weight is 246 g/mol. The van der Waals surface area contributed by atoms with Crippen LogP contribution in [0.25, 0.3) is 0 Å². The van der Waals surface area contributed by atoms with Crippen molar-refractivity contribution in [2.45, 2.75) is 13.8 Å². The molecule has 0 heterocycles. The van der Waals surface area contributed by atoms with Gasteiger partial charge in [0.25, 0.3) is 0 Å². The van der Waals surface area contributed by atoms with E-state index in [0.717, 1.165) is 22.2 Å². The maximum atomic E-state index is 5.38. The third kappa shape index (κ3) is 3.29. The Morgan fingerprint density at radius 3 is 2.12 bits per heavy atom. The molecule has 0 fully saturated rings. The van der Waals surface area contributed by atoms with E-state index in [1.54, 1.807) is 0 Å². The van der Waals surface area contributed by atoms with Crippen LogP contribution in [0.2, 0.25) is 0 Å². The lowest BCUT2D eigenvalue weighted by Crippen LogP contribution is -1.98. The van der Waals surface area contributed by atoms with E-state index in [1.165, 1.54) is 0 Å². The zero-order chi connectivity index (χ0) is 12.1. The Hall–Kier alpha value is -1.37. The van der Waals surface area contributed by atoms with Crippen molar-refractivity contribution < 1.29 is 9.56 Å². The Morgan fingerprint density at radius 2 is 1.47 bits per heavy atom. The molecule has 0 aliphatic rings. The molecule has 2 rings (SSSR count). The Kier molecular flexibility index (Phi) is 4.13. The van der Waals surface area contributed by atoms with Crippen LogP contribution < -0.4 is 10.2 Å². The van der Waals surface area contributed by atoms with Gasteiger partial charge in [0.15, 0.2) is 5.75 Å². The fourth-order valence-electron chi connectivity index (χ4n) is 1.55. The minimum absolute atomic E-state index is 0.201. The SMILES string of the molecule is Cc1cccc(C)c1OOPc1ccccc1. The lowest BCUT2D eigenvalue weighted by atomic mass is 10.1. The highest BCUT2D eigenvalue weighted by molar-refractivity contribution is 7.41. The van der Waals surface area contributed by atoms with Crippen molar-refractivity contribution >= 4 is 14.1 Å². The summed E-state index contributed by atoms with van der Waals surface area (Å²) < 4.78 is 5.30. The summed E-state index contributed by atoms with van der Waals surface area (Å²) in [6.45, 7) is 4.02. The number of aryl methyl sites for hydroxylation is 2. The number of hydrogen-bond donors (Lipinski definition) is 0. The lowest BCUT2D eigenvalue weighted by Gasteiger charge is -2.09. The molecular formula is C14H15O2P. The fraction of sp³-hybridized carbons (Fsp3) is 0.143. The molecule has 0 amide bonds. The van der Waals surface area contributed by atoms with E-state index in [4.69, 9.17) is 9.56 Å². The maximum absolute atomic E-state index is 5.38. The Labute approximate surface area is 103 Å². The van der Waals surface area contributed by atoms with Crippen LogP contribution >= 0.6 is 8.81 Å². The van der Waals surface area contributed by atoms with Crippen molar-refractivity contribution in [3.63, 3.8) is 0 Å². The number of hydrogen-bond acceptors (Lipinski definition) is 2. The van der Waals surface area contributed by atoms with Gasteiger partial charge in [-0.25, -0.2) is 0 Å². The van der Waals surface area contributed by atoms with Crippen LogP contribution in [0.5, 0.6) is 5.75 Å². The summed E-state index contributed by atoms with van der Waals surface area (Å²) in [6.07, 6.45) is 0. The molecule has 0 N–H and O–H groups in total. The lowest BCUT2D eigenvalue weighted by molar-refractivity contribution is -0.0838. The molecule has 0 spiro atoms. The molecule has 0 aromatic heterocycles. The minimum atomic E-state index is 0.201. The summed E-state index contributed by atoms with van der Waals surface area (Å²) in [6, 6.07) is 16.0. The highest BCUT2D eigenvalue weighted by Crippen LogP contribution is 2.25. The molecule has 1 unspecified atom stereocenters. The Balaban J connectivity index is 1.95. The minimum Gasteiger partial charge on any atom is -0.334 e. The first kappa shape index (κ1) is 12.1. The summed E-state index contributed by atoms with van der Waals surface area (Å²) in [5.74, 6) is 0.816. The standard InChI is InChI=1S/C14H15O2P/c1-11-7-6-8-12(2)14(11)15-16-17-13-9-4-3-5-10-13/h3-10,17H,1-2H3. The second kappa shape index (κ2) is 5.81. The van der Waals surface area contributed by atoms with Gasteiger partial charge in [-0.2, -0.15) is 4.67 Å². The smallest absolute Gasteiger partial charge is 0.171 e. The highest BCUT2D eigenvalue weighted by atomic mass is 31.1. The third-order valence-corrected chi connectivity index (χ3v) is 3.20. The van der Waals surface area contributed by atoms with Gasteiger partial charge in [-0.3, -0.25) is 0 Å². The van der Waals surface area contributed by atoms with Crippen molar-refractivity contribution in [2.75, 3.05) is 0 Å². The molecule has 0 aliphatic heterocycles. The first-order chi connectivity index (χ1) is 8.27. The zero-order valence-electron chi connectivity index (χ0n) is 9.94. The van der Waals surface area contributed by atoms with Crippen LogP contribution in [0.1, 0.15) is 11.1 Å². The van der Waals surface area contributed by atoms with Crippen LogP contribution in [-0.2, 0) is 4.67 Å². The molecule has 0 saturated heterocycles. The predicted octanol–water partition coefficient (Wildman–Crippen LogP) is 3.53. The first-order valence-corrected chi connectivity index (χ1v) is 6.39. The van der Waals surface area contributed by atoms with E-state index in [-0.39, 0.29) is 8.81 Å². The predicted molar refractivity (Wildman–Crippen MR) is 72.0 cm³/mol. The second-order valence-corrected chi connectivity index (χ2v) is 4.80. The molecule has 1 atom stereocenters.